The Hall–Kier alpha value is -1.69. The van der Waals surface area contributed by atoms with Crippen LogP contribution in [0.2, 0.25) is 0 Å². The quantitative estimate of drug-likeness (QED) is 0.849. The standard InChI is InChI=1S/C12H16N4OS/c1-8-11(5-13-16(8)4)12(17)15(3)6-10-7-18-9(2)14-10/h5,7H,6H2,1-4H3. The zero-order valence-electron chi connectivity index (χ0n) is 11.0. The number of carbonyl (C=O) groups excluding carboxylic acids is 1. The molecule has 0 saturated carbocycles. The van der Waals surface area contributed by atoms with E-state index in [1.165, 1.54) is 0 Å². The van der Waals surface area contributed by atoms with E-state index in [0.29, 0.717) is 12.1 Å². The molecule has 5 nitrogen and oxygen atoms in total. The van der Waals surface area contributed by atoms with E-state index in [1.807, 2.05) is 26.3 Å². The van der Waals surface area contributed by atoms with Gasteiger partial charge in [-0.2, -0.15) is 5.10 Å². The van der Waals surface area contributed by atoms with Crippen molar-refractivity contribution >= 4 is 17.2 Å². The van der Waals surface area contributed by atoms with Gasteiger partial charge in [0.15, 0.2) is 0 Å². The van der Waals surface area contributed by atoms with Crippen LogP contribution in [0, 0.1) is 13.8 Å². The van der Waals surface area contributed by atoms with Gasteiger partial charge in [-0.05, 0) is 13.8 Å². The molecule has 0 radical (unpaired) electrons. The molecule has 0 atom stereocenters. The summed E-state index contributed by atoms with van der Waals surface area (Å²) in [5, 5.41) is 7.08. The largest absolute Gasteiger partial charge is 0.336 e. The monoisotopic (exact) mass is 264 g/mol. The van der Waals surface area contributed by atoms with Crippen LogP contribution in [-0.2, 0) is 13.6 Å². The molecule has 0 unspecified atom stereocenters. The van der Waals surface area contributed by atoms with E-state index in [2.05, 4.69) is 10.1 Å². The van der Waals surface area contributed by atoms with Gasteiger partial charge in [-0.3, -0.25) is 9.48 Å². The second-order valence-electron chi connectivity index (χ2n) is 4.29. The van der Waals surface area contributed by atoms with Gasteiger partial charge in [-0.1, -0.05) is 0 Å². The number of aromatic nitrogens is 3. The van der Waals surface area contributed by atoms with Gasteiger partial charge >= 0.3 is 0 Å². The average molecular weight is 264 g/mol. The van der Waals surface area contributed by atoms with E-state index >= 15 is 0 Å². The number of hydrogen-bond donors (Lipinski definition) is 0. The Morgan fingerprint density at radius 2 is 2.22 bits per heavy atom. The maximum atomic E-state index is 12.2. The molecular formula is C12H16N4OS. The molecule has 2 aromatic rings. The topological polar surface area (TPSA) is 51.0 Å². The summed E-state index contributed by atoms with van der Waals surface area (Å²) in [6.07, 6.45) is 1.61. The summed E-state index contributed by atoms with van der Waals surface area (Å²) in [4.78, 5) is 18.3. The fraction of sp³-hybridized carbons (Fsp3) is 0.417. The Balaban J connectivity index is 2.12. The van der Waals surface area contributed by atoms with Gasteiger partial charge in [0.05, 0.1) is 29.0 Å². The predicted molar refractivity (Wildman–Crippen MR) is 70.6 cm³/mol. The number of thiazole rings is 1. The second kappa shape index (κ2) is 4.89. The first-order valence-corrected chi connectivity index (χ1v) is 6.52. The highest BCUT2D eigenvalue weighted by molar-refractivity contribution is 7.09. The summed E-state index contributed by atoms with van der Waals surface area (Å²) in [5.74, 6) is -0.0220. The molecule has 6 heteroatoms. The maximum absolute atomic E-state index is 12.2. The third-order valence-electron chi connectivity index (χ3n) is 2.88. The number of hydrogen-bond acceptors (Lipinski definition) is 4. The lowest BCUT2D eigenvalue weighted by molar-refractivity contribution is 0.0782. The van der Waals surface area contributed by atoms with E-state index in [4.69, 9.17) is 0 Å². The molecule has 0 N–H and O–H groups in total. The Morgan fingerprint density at radius 3 is 2.72 bits per heavy atom. The van der Waals surface area contributed by atoms with Crippen molar-refractivity contribution in [2.24, 2.45) is 7.05 Å². The third kappa shape index (κ3) is 2.43. The Kier molecular flexibility index (Phi) is 3.47. The van der Waals surface area contributed by atoms with Crippen molar-refractivity contribution in [2.75, 3.05) is 7.05 Å². The van der Waals surface area contributed by atoms with Crippen molar-refractivity contribution in [3.05, 3.63) is 33.5 Å². The average Bonchev–Trinajstić information content (AvgIpc) is 2.87. The van der Waals surface area contributed by atoms with Crippen LogP contribution in [0.5, 0.6) is 0 Å². The molecule has 0 aliphatic rings. The van der Waals surface area contributed by atoms with Crippen molar-refractivity contribution in [3.63, 3.8) is 0 Å². The zero-order chi connectivity index (χ0) is 13.3. The summed E-state index contributed by atoms with van der Waals surface area (Å²) in [6, 6.07) is 0. The molecule has 2 heterocycles. The summed E-state index contributed by atoms with van der Waals surface area (Å²) in [6.45, 7) is 4.37. The molecule has 96 valence electrons. The molecule has 0 saturated heterocycles. The normalized spacial score (nSPS) is 10.7. The van der Waals surface area contributed by atoms with E-state index < -0.39 is 0 Å². The zero-order valence-corrected chi connectivity index (χ0v) is 11.8. The SMILES string of the molecule is Cc1nc(CN(C)C(=O)c2cnn(C)c2C)cs1. The summed E-state index contributed by atoms with van der Waals surface area (Å²) in [7, 11) is 3.61. The lowest BCUT2D eigenvalue weighted by Gasteiger charge is -2.15. The van der Waals surface area contributed by atoms with E-state index in [0.717, 1.165) is 16.4 Å². The summed E-state index contributed by atoms with van der Waals surface area (Å²) >= 11 is 1.60. The Labute approximate surface area is 110 Å². The van der Waals surface area contributed by atoms with Gasteiger partial charge in [0.1, 0.15) is 0 Å². The molecule has 0 fully saturated rings. The first kappa shape index (κ1) is 12.8. The lowest BCUT2D eigenvalue weighted by atomic mass is 10.2. The molecule has 1 amide bonds. The molecule has 0 spiro atoms. The highest BCUT2D eigenvalue weighted by Gasteiger charge is 2.17. The van der Waals surface area contributed by atoms with Crippen molar-refractivity contribution in [2.45, 2.75) is 20.4 Å². The van der Waals surface area contributed by atoms with E-state index in [1.54, 1.807) is 34.2 Å². The molecule has 18 heavy (non-hydrogen) atoms. The van der Waals surface area contributed by atoms with Crippen LogP contribution < -0.4 is 0 Å². The van der Waals surface area contributed by atoms with E-state index in [9.17, 15) is 4.79 Å². The van der Waals surface area contributed by atoms with Crippen molar-refractivity contribution in [1.29, 1.82) is 0 Å². The van der Waals surface area contributed by atoms with Crippen LogP contribution in [-0.4, -0.2) is 32.6 Å². The van der Waals surface area contributed by atoms with Crippen LogP contribution in [0.3, 0.4) is 0 Å². The van der Waals surface area contributed by atoms with Crippen LogP contribution in [0.1, 0.15) is 26.8 Å². The van der Waals surface area contributed by atoms with Gasteiger partial charge in [-0.25, -0.2) is 4.98 Å². The molecule has 0 aliphatic carbocycles. The predicted octanol–water partition coefficient (Wildman–Crippen LogP) is 1.77. The van der Waals surface area contributed by atoms with E-state index in [-0.39, 0.29) is 5.91 Å². The van der Waals surface area contributed by atoms with Crippen molar-refractivity contribution < 1.29 is 4.79 Å². The number of aryl methyl sites for hydroxylation is 2. The van der Waals surface area contributed by atoms with Crippen molar-refractivity contribution in [3.8, 4) is 0 Å². The second-order valence-corrected chi connectivity index (χ2v) is 5.35. The summed E-state index contributed by atoms with van der Waals surface area (Å²) in [5.41, 5.74) is 2.45. The minimum absolute atomic E-state index is 0.0220. The smallest absolute Gasteiger partial charge is 0.257 e. The molecule has 0 aliphatic heterocycles. The molecule has 0 aromatic carbocycles. The van der Waals surface area contributed by atoms with Crippen LogP contribution >= 0.6 is 11.3 Å². The lowest BCUT2D eigenvalue weighted by Crippen LogP contribution is -2.26. The third-order valence-corrected chi connectivity index (χ3v) is 3.70. The van der Waals surface area contributed by atoms with Gasteiger partial charge in [0.25, 0.3) is 5.91 Å². The fourth-order valence-corrected chi connectivity index (χ4v) is 2.31. The molecule has 2 aromatic heterocycles. The van der Waals surface area contributed by atoms with Gasteiger partial charge in [0.2, 0.25) is 0 Å². The molecule has 0 bridgehead atoms. The van der Waals surface area contributed by atoms with Gasteiger partial charge in [0, 0.05) is 25.2 Å². The van der Waals surface area contributed by atoms with Crippen LogP contribution in [0.25, 0.3) is 0 Å². The maximum Gasteiger partial charge on any atom is 0.257 e. The Morgan fingerprint density at radius 1 is 1.50 bits per heavy atom. The van der Waals surface area contributed by atoms with Crippen LogP contribution in [0.15, 0.2) is 11.6 Å². The minimum atomic E-state index is -0.0220. The highest BCUT2D eigenvalue weighted by Crippen LogP contribution is 2.13. The first-order chi connectivity index (χ1) is 8.49. The molecule has 2 rings (SSSR count). The number of rotatable bonds is 3. The Bertz CT molecular complexity index is 572. The number of carbonyl (C=O) groups is 1. The highest BCUT2D eigenvalue weighted by atomic mass is 32.1. The van der Waals surface area contributed by atoms with Gasteiger partial charge < -0.3 is 4.90 Å². The fourth-order valence-electron chi connectivity index (χ4n) is 1.71. The van der Waals surface area contributed by atoms with Crippen LogP contribution in [0.4, 0.5) is 0 Å². The number of amides is 1. The summed E-state index contributed by atoms with van der Waals surface area (Å²) < 4.78 is 1.70. The number of nitrogens with zero attached hydrogens (tertiary/aromatic N) is 4. The molecular weight excluding hydrogens is 248 g/mol. The minimum Gasteiger partial charge on any atom is -0.336 e. The van der Waals surface area contributed by atoms with Gasteiger partial charge in [-0.15, -0.1) is 11.3 Å². The first-order valence-electron chi connectivity index (χ1n) is 5.64. The van der Waals surface area contributed by atoms with Crippen molar-refractivity contribution in [1.82, 2.24) is 19.7 Å².